The summed E-state index contributed by atoms with van der Waals surface area (Å²) in [6.07, 6.45) is 10.2. The average Bonchev–Trinajstić information content (AvgIpc) is 2.55. The molecule has 1 heterocycles. The van der Waals surface area contributed by atoms with Gasteiger partial charge >= 0.3 is 0 Å². The number of fused-ring (bicyclic) bond motifs is 1. The van der Waals surface area contributed by atoms with Gasteiger partial charge < -0.3 is 4.57 Å². The van der Waals surface area contributed by atoms with E-state index >= 15 is 0 Å². The second kappa shape index (κ2) is 6.90. The van der Waals surface area contributed by atoms with Crippen LogP contribution in [0.1, 0.15) is 44.9 Å². The summed E-state index contributed by atoms with van der Waals surface area (Å²) in [5.74, 6) is 1.38. The van der Waals surface area contributed by atoms with E-state index in [-0.39, 0.29) is 18.0 Å². The van der Waals surface area contributed by atoms with Gasteiger partial charge in [-0.3, -0.25) is 9.59 Å². The monoisotopic (exact) mass is 301 g/mol. The van der Waals surface area contributed by atoms with E-state index in [0.717, 1.165) is 30.4 Å². The zero-order valence-electron chi connectivity index (χ0n) is 12.8. The van der Waals surface area contributed by atoms with Crippen LogP contribution in [0.25, 0.3) is 0 Å². The molecule has 2 aliphatic carbocycles. The number of nitrogens with zero attached hydrogens (tertiary/aromatic N) is 2. The first-order valence-electron chi connectivity index (χ1n) is 8.22. The second-order valence-electron chi connectivity index (χ2n) is 6.43. The third-order valence-corrected chi connectivity index (χ3v) is 4.92. The van der Waals surface area contributed by atoms with Crippen LogP contribution in [0.5, 0.6) is 0 Å². The van der Waals surface area contributed by atoms with Crippen molar-refractivity contribution in [3.63, 3.8) is 0 Å². The van der Waals surface area contributed by atoms with E-state index in [2.05, 4.69) is 10.5 Å². The van der Waals surface area contributed by atoms with Crippen LogP contribution in [0, 0.1) is 11.8 Å². The molecule has 3 rings (SSSR count). The SMILES string of the molecule is O=C(Cn1ccccc1=O)N/N=C1/CC[C@H]2CCCC[C@H]2C1. The molecule has 5 nitrogen and oxygen atoms in total. The summed E-state index contributed by atoms with van der Waals surface area (Å²) < 4.78 is 1.38. The fraction of sp³-hybridized carbons (Fsp3) is 0.588. The van der Waals surface area contributed by atoms with Crippen molar-refractivity contribution in [2.75, 3.05) is 0 Å². The molecule has 0 spiro atoms. The Morgan fingerprint density at radius 2 is 2.05 bits per heavy atom. The molecule has 5 heteroatoms. The van der Waals surface area contributed by atoms with E-state index in [9.17, 15) is 9.59 Å². The minimum Gasteiger partial charge on any atom is -0.306 e. The molecule has 0 radical (unpaired) electrons. The molecule has 1 aromatic heterocycles. The van der Waals surface area contributed by atoms with Crippen molar-refractivity contribution in [2.45, 2.75) is 51.5 Å². The number of carbonyl (C=O) groups excluding carboxylic acids is 1. The van der Waals surface area contributed by atoms with Crippen molar-refractivity contribution in [3.05, 3.63) is 34.7 Å². The predicted octanol–water partition coefficient (Wildman–Crippen LogP) is 2.31. The molecule has 1 amide bonds. The van der Waals surface area contributed by atoms with Gasteiger partial charge in [0.05, 0.1) is 0 Å². The molecule has 118 valence electrons. The lowest BCUT2D eigenvalue weighted by molar-refractivity contribution is -0.121. The smallest absolute Gasteiger partial charge is 0.260 e. The van der Waals surface area contributed by atoms with Gasteiger partial charge in [0, 0.05) is 18.0 Å². The fourth-order valence-electron chi connectivity index (χ4n) is 3.71. The summed E-state index contributed by atoms with van der Waals surface area (Å²) in [6.45, 7) is 0.0164. The highest BCUT2D eigenvalue weighted by Gasteiger charge is 2.30. The number of pyridine rings is 1. The van der Waals surface area contributed by atoms with Crippen LogP contribution in [-0.2, 0) is 11.3 Å². The van der Waals surface area contributed by atoms with Crippen LogP contribution in [0.3, 0.4) is 0 Å². The number of hydrogen-bond acceptors (Lipinski definition) is 3. The van der Waals surface area contributed by atoms with Crippen molar-refractivity contribution in [2.24, 2.45) is 16.9 Å². The number of nitrogens with one attached hydrogen (secondary N) is 1. The van der Waals surface area contributed by atoms with Gasteiger partial charge in [0.1, 0.15) is 6.54 Å². The molecular formula is C17H23N3O2. The average molecular weight is 301 g/mol. The Morgan fingerprint density at radius 1 is 1.23 bits per heavy atom. The van der Waals surface area contributed by atoms with E-state index in [1.54, 1.807) is 18.3 Å². The molecule has 0 aliphatic heterocycles. The summed E-state index contributed by atoms with van der Waals surface area (Å²) >= 11 is 0. The van der Waals surface area contributed by atoms with Gasteiger partial charge in [-0.15, -0.1) is 0 Å². The number of carbonyl (C=O) groups is 1. The molecule has 2 atom stereocenters. The summed E-state index contributed by atoms with van der Waals surface area (Å²) in [5, 5.41) is 4.30. The van der Waals surface area contributed by atoms with E-state index in [1.807, 2.05) is 0 Å². The summed E-state index contributed by atoms with van der Waals surface area (Å²) in [6, 6.07) is 4.86. The van der Waals surface area contributed by atoms with Gasteiger partial charge in [-0.25, -0.2) is 5.43 Å². The third kappa shape index (κ3) is 3.64. The molecule has 2 fully saturated rings. The molecule has 0 unspecified atom stereocenters. The number of rotatable bonds is 3. The van der Waals surface area contributed by atoms with E-state index in [0.29, 0.717) is 0 Å². The maximum atomic E-state index is 11.9. The molecule has 22 heavy (non-hydrogen) atoms. The standard InChI is InChI=1S/C17H23N3O2/c21-16(12-20-10-4-3-7-17(20)22)19-18-15-9-8-13-5-1-2-6-14(13)11-15/h3-4,7,10,13-14H,1-2,5-6,8-9,11-12H2,(H,19,21)/b18-15-/t13-,14+/m1/s1. The quantitative estimate of drug-likeness (QED) is 0.871. The lowest BCUT2D eigenvalue weighted by atomic mass is 9.70. The molecule has 1 aromatic rings. The number of hydrogen-bond donors (Lipinski definition) is 1. The first-order chi connectivity index (χ1) is 10.7. The largest absolute Gasteiger partial charge is 0.306 e. The highest BCUT2D eigenvalue weighted by molar-refractivity contribution is 5.87. The molecule has 0 saturated heterocycles. The van der Waals surface area contributed by atoms with Crippen LogP contribution in [-0.4, -0.2) is 16.2 Å². The number of aromatic nitrogens is 1. The van der Waals surface area contributed by atoms with Crippen molar-refractivity contribution >= 4 is 11.6 Å². The Bertz CT molecular complexity index is 620. The summed E-state index contributed by atoms with van der Waals surface area (Å²) in [7, 11) is 0. The van der Waals surface area contributed by atoms with E-state index in [4.69, 9.17) is 0 Å². The van der Waals surface area contributed by atoms with Crippen molar-refractivity contribution in [1.29, 1.82) is 0 Å². The van der Waals surface area contributed by atoms with Crippen molar-refractivity contribution < 1.29 is 4.79 Å². The molecule has 1 N–H and O–H groups in total. The van der Waals surface area contributed by atoms with E-state index < -0.39 is 0 Å². The predicted molar refractivity (Wildman–Crippen MR) is 85.6 cm³/mol. The minimum absolute atomic E-state index is 0.0164. The van der Waals surface area contributed by atoms with Gasteiger partial charge in [0.2, 0.25) is 0 Å². The van der Waals surface area contributed by atoms with Gasteiger partial charge in [0.15, 0.2) is 0 Å². The third-order valence-electron chi connectivity index (χ3n) is 4.92. The lowest BCUT2D eigenvalue weighted by Crippen LogP contribution is -2.32. The second-order valence-corrected chi connectivity index (χ2v) is 6.43. The minimum atomic E-state index is -0.244. The summed E-state index contributed by atoms with van der Waals surface area (Å²) in [5.41, 5.74) is 3.55. The van der Waals surface area contributed by atoms with Crippen molar-refractivity contribution in [3.8, 4) is 0 Å². The van der Waals surface area contributed by atoms with Gasteiger partial charge in [-0.1, -0.05) is 25.3 Å². The maximum Gasteiger partial charge on any atom is 0.260 e. The molecule has 0 bridgehead atoms. The van der Waals surface area contributed by atoms with Crippen LogP contribution >= 0.6 is 0 Å². The zero-order valence-corrected chi connectivity index (χ0v) is 12.8. The Hall–Kier alpha value is -1.91. The topological polar surface area (TPSA) is 63.5 Å². The van der Waals surface area contributed by atoms with Gasteiger partial charge in [-0.05, 0) is 43.6 Å². The maximum absolute atomic E-state index is 11.9. The zero-order chi connectivity index (χ0) is 15.4. The van der Waals surface area contributed by atoms with E-state index in [1.165, 1.54) is 42.7 Å². The lowest BCUT2D eigenvalue weighted by Gasteiger charge is -2.35. The normalized spacial score (nSPS) is 26.5. The van der Waals surface area contributed by atoms with Gasteiger partial charge in [0.25, 0.3) is 11.5 Å². The Kier molecular flexibility index (Phi) is 4.71. The van der Waals surface area contributed by atoms with Crippen LogP contribution in [0.2, 0.25) is 0 Å². The van der Waals surface area contributed by atoms with Gasteiger partial charge in [-0.2, -0.15) is 5.10 Å². The molecule has 0 aromatic carbocycles. The van der Waals surface area contributed by atoms with Crippen LogP contribution in [0.4, 0.5) is 0 Å². The molecular weight excluding hydrogens is 278 g/mol. The van der Waals surface area contributed by atoms with Crippen LogP contribution < -0.4 is 11.0 Å². The van der Waals surface area contributed by atoms with Crippen LogP contribution in [0.15, 0.2) is 34.3 Å². The first-order valence-corrected chi connectivity index (χ1v) is 8.22. The Labute approximate surface area is 130 Å². The summed E-state index contributed by atoms with van der Waals surface area (Å²) in [4.78, 5) is 23.5. The first kappa shape index (κ1) is 15.0. The fourth-order valence-corrected chi connectivity index (χ4v) is 3.71. The number of amides is 1. The van der Waals surface area contributed by atoms with Crippen molar-refractivity contribution in [1.82, 2.24) is 9.99 Å². The Morgan fingerprint density at radius 3 is 2.86 bits per heavy atom. The highest BCUT2D eigenvalue weighted by Crippen LogP contribution is 2.39. The number of hydrazone groups is 1. The Balaban J connectivity index is 1.54. The molecule has 2 aliphatic rings. The highest BCUT2D eigenvalue weighted by atomic mass is 16.2. The molecule has 2 saturated carbocycles.